The summed E-state index contributed by atoms with van der Waals surface area (Å²) in [6.07, 6.45) is 1.44. The maximum Gasteiger partial charge on any atom is 0.361 e. The molecule has 184 valence electrons. The fourth-order valence-corrected chi connectivity index (χ4v) is 5.18. The Kier molecular flexibility index (Phi) is 7.54. The van der Waals surface area contributed by atoms with Gasteiger partial charge in [-0.25, -0.2) is 17.9 Å². The van der Waals surface area contributed by atoms with Gasteiger partial charge in [-0.15, -0.1) is 5.10 Å². The lowest BCUT2D eigenvalue weighted by Gasteiger charge is -2.26. The summed E-state index contributed by atoms with van der Waals surface area (Å²) in [4.78, 5) is 24.7. The smallest absolute Gasteiger partial charge is 0.361 e. The number of carbonyl (C=O) groups is 2. The predicted molar refractivity (Wildman–Crippen MR) is 125 cm³/mol. The summed E-state index contributed by atoms with van der Waals surface area (Å²) >= 11 is 0. The number of amides is 1. The average Bonchev–Trinajstić information content (AvgIpc) is 3.33. The van der Waals surface area contributed by atoms with Gasteiger partial charge in [0.05, 0.1) is 30.9 Å². The van der Waals surface area contributed by atoms with Crippen molar-refractivity contribution in [3.63, 3.8) is 0 Å². The van der Waals surface area contributed by atoms with Crippen LogP contribution in [0, 0.1) is 6.92 Å². The van der Waals surface area contributed by atoms with Crippen LogP contribution in [0.1, 0.15) is 21.6 Å². The molecule has 2 heterocycles. The van der Waals surface area contributed by atoms with E-state index < -0.39 is 28.5 Å². The Morgan fingerprint density at radius 3 is 2.60 bits per heavy atom. The number of rotatable bonds is 8. The van der Waals surface area contributed by atoms with E-state index in [1.807, 2.05) is 30.3 Å². The molecule has 0 bridgehead atoms. The monoisotopic (exact) mass is 499 g/mol. The second-order valence-corrected chi connectivity index (χ2v) is 9.81. The molecule has 0 unspecified atom stereocenters. The van der Waals surface area contributed by atoms with E-state index in [4.69, 9.17) is 9.47 Å². The van der Waals surface area contributed by atoms with Crippen LogP contribution in [0.2, 0.25) is 0 Å². The molecule has 0 aliphatic carbocycles. The minimum Gasteiger partial charge on any atom is -0.451 e. The van der Waals surface area contributed by atoms with Crippen LogP contribution in [0.4, 0.5) is 5.69 Å². The maximum absolute atomic E-state index is 13.0. The van der Waals surface area contributed by atoms with E-state index in [9.17, 15) is 18.0 Å². The third kappa shape index (κ3) is 6.10. The molecule has 2 aromatic carbocycles. The molecule has 4 rings (SSSR count). The van der Waals surface area contributed by atoms with Crippen LogP contribution >= 0.6 is 0 Å². The van der Waals surface area contributed by atoms with Crippen molar-refractivity contribution in [2.24, 2.45) is 0 Å². The zero-order chi connectivity index (χ0) is 24.8. The Balaban J connectivity index is 1.34. The van der Waals surface area contributed by atoms with E-state index in [1.165, 1.54) is 21.3 Å². The SMILES string of the molecule is Cc1ccc(NC(=O)COC(=O)c2cn(Cc3ccccc3)nn2)cc1S(=O)(=O)N1CCOCC1. The molecular formula is C23H25N5O6S. The van der Waals surface area contributed by atoms with E-state index in [0.29, 0.717) is 25.3 Å². The van der Waals surface area contributed by atoms with Crippen molar-refractivity contribution in [3.05, 3.63) is 71.5 Å². The highest BCUT2D eigenvalue weighted by Gasteiger charge is 2.28. The van der Waals surface area contributed by atoms with Crippen LogP contribution in [0.5, 0.6) is 0 Å². The molecule has 11 nitrogen and oxygen atoms in total. The quantitative estimate of drug-likeness (QED) is 0.461. The Bertz CT molecular complexity index is 1300. The minimum atomic E-state index is -3.73. The van der Waals surface area contributed by atoms with Crippen molar-refractivity contribution >= 4 is 27.6 Å². The molecule has 1 aromatic heterocycles. The summed E-state index contributed by atoms with van der Waals surface area (Å²) in [5, 5.41) is 10.3. The number of anilines is 1. The van der Waals surface area contributed by atoms with Crippen molar-refractivity contribution in [3.8, 4) is 0 Å². The van der Waals surface area contributed by atoms with E-state index >= 15 is 0 Å². The molecule has 0 spiro atoms. The highest BCUT2D eigenvalue weighted by molar-refractivity contribution is 7.89. The summed E-state index contributed by atoms with van der Waals surface area (Å²) in [5.74, 6) is -1.41. The molecule has 0 radical (unpaired) electrons. The second kappa shape index (κ2) is 10.8. The molecule has 0 atom stereocenters. The normalized spacial score (nSPS) is 14.4. The molecule has 0 saturated carbocycles. The number of nitrogens with zero attached hydrogens (tertiary/aromatic N) is 4. The third-order valence-corrected chi connectivity index (χ3v) is 7.37. The van der Waals surface area contributed by atoms with Crippen molar-refractivity contribution in [2.45, 2.75) is 18.4 Å². The Morgan fingerprint density at radius 2 is 1.86 bits per heavy atom. The predicted octanol–water partition coefficient (Wildman–Crippen LogP) is 1.45. The topological polar surface area (TPSA) is 133 Å². The second-order valence-electron chi connectivity index (χ2n) is 7.91. The van der Waals surface area contributed by atoms with E-state index in [1.54, 1.807) is 19.1 Å². The fraction of sp³-hybridized carbons (Fsp3) is 0.304. The largest absolute Gasteiger partial charge is 0.451 e. The van der Waals surface area contributed by atoms with Gasteiger partial charge in [-0.1, -0.05) is 41.6 Å². The number of carbonyl (C=O) groups excluding carboxylic acids is 2. The summed E-state index contributed by atoms with van der Waals surface area (Å²) in [6.45, 7) is 2.76. The molecule has 1 N–H and O–H groups in total. The van der Waals surface area contributed by atoms with Crippen molar-refractivity contribution in [1.29, 1.82) is 0 Å². The van der Waals surface area contributed by atoms with E-state index in [2.05, 4.69) is 15.6 Å². The molecular weight excluding hydrogens is 474 g/mol. The van der Waals surface area contributed by atoms with Crippen LogP contribution in [0.3, 0.4) is 0 Å². The standard InChI is InChI=1S/C23H25N5O6S/c1-17-7-8-19(13-21(17)35(31,32)28-9-11-33-12-10-28)24-22(29)16-34-23(30)20-15-27(26-25-20)14-18-5-3-2-4-6-18/h2-8,13,15H,9-12,14,16H2,1H3,(H,24,29). The van der Waals surface area contributed by atoms with E-state index in [-0.39, 0.29) is 29.4 Å². The van der Waals surface area contributed by atoms with Crippen molar-refractivity contribution in [2.75, 3.05) is 38.2 Å². The number of aryl methyl sites for hydroxylation is 1. The summed E-state index contributed by atoms with van der Waals surface area (Å²) in [5.41, 5.74) is 1.80. The highest BCUT2D eigenvalue weighted by Crippen LogP contribution is 2.24. The first-order chi connectivity index (χ1) is 16.8. The number of aromatic nitrogens is 3. The fourth-order valence-electron chi connectivity index (χ4n) is 3.52. The van der Waals surface area contributed by atoms with E-state index in [0.717, 1.165) is 5.56 Å². The van der Waals surface area contributed by atoms with Crippen LogP contribution in [0.25, 0.3) is 0 Å². The Labute approximate surface area is 202 Å². The first kappa shape index (κ1) is 24.5. The lowest BCUT2D eigenvalue weighted by Crippen LogP contribution is -2.40. The third-order valence-electron chi connectivity index (χ3n) is 5.33. The number of ether oxygens (including phenoxy) is 2. The number of morpholine rings is 1. The number of hydrogen-bond acceptors (Lipinski definition) is 8. The Morgan fingerprint density at radius 1 is 1.11 bits per heavy atom. The number of sulfonamides is 1. The highest BCUT2D eigenvalue weighted by atomic mass is 32.2. The molecule has 1 aliphatic heterocycles. The Hall–Kier alpha value is -3.61. The van der Waals surface area contributed by atoms with Crippen LogP contribution in [-0.4, -0.2) is 72.5 Å². The van der Waals surface area contributed by atoms with Gasteiger partial charge in [-0.05, 0) is 30.2 Å². The number of nitrogens with one attached hydrogen (secondary N) is 1. The van der Waals surface area contributed by atoms with Gasteiger partial charge in [0.2, 0.25) is 10.0 Å². The van der Waals surface area contributed by atoms with Crippen molar-refractivity contribution in [1.82, 2.24) is 19.3 Å². The van der Waals surface area contributed by atoms with Crippen LogP contribution in [-0.2, 0) is 30.8 Å². The molecule has 1 fully saturated rings. The molecule has 3 aromatic rings. The summed E-state index contributed by atoms with van der Waals surface area (Å²) < 4.78 is 39.1. The average molecular weight is 500 g/mol. The lowest BCUT2D eigenvalue weighted by atomic mass is 10.2. The summed E-state index contributed by atoms with van der Waals surface area (Å²) in [7, 11) is -3.73. The van der Waals surface area contributed by atoms with Gasteiger partial charge < -0.3 is 14.8 Å². The first-order valence-electron chi connectivity index (χ1n) is 10.9. The summed E-state index contributed by atoms with van der Waals surface area (Å²) in [6, 6.07) is 14.1. The molecule has 1 saturated heterocycles. The lowest BCUT2D eigenvalue weighted by molar-refractivity contribution is -0.119. The number of hydrogen-bond donors (Lipinski definition) is 1. The van der Waals surface area contributed by atoms with Gasteiger partial charge in [0, 0.05) is 18.8 Å². The van der Waals surface area contributed by atoms with Gasteiger partial charge >= 0.3 is 5.97 Å². The van der Waals surface area contributed by atoms with Crippen LogP contribution in [0.15, 0.2) is 59.6 Å². The van der Waals surface area contributed by atoms with Gasteiger partial charge in [0.1, 0.15) is 0 Å². The van der Waals surface area contributed by atoms with Gasteiger partial charge in [-0.2, -0.15) is 4.31 Å². The molecule has 12 heteroatoms. The number of benzene rings is 2. The molecule has 35 heavy (non-hydrogen) atoms. The number of esters is 1. The zero-order valence-corrected chi connectivity index (χ0v) is 19.9. The first-order valence-corrected chi connectivity index (χ1v) is 12.4. The minimum absolute atomic E-state index is 0.0250. The van der Waals surface area contributed by atoms with Gasteiger partial charge in [0.25, 0.3) is 5.91 Å². The molecule has 1 amide bonds. The zero-order valence-electron chi connectivity index (χ0n) is 19.1. The maximum atomic E-state index is 13.0. The van der Waals surface area contributed by atoms with Crippen LogP contribution < -0.4 is 5.32 Å². The van der Waals surface area contributed by atoms with Crippen molar-refractivity contribution < 1.29 is 27.5 Å². The van der Waals surface area contributed by atoms with Gasteiger partial charge in [-0.3, -0.25) is 4.79 Å². The van der Waals surface area contributed by atoms with Gasteiger partial charge in [0.15, 0.2) is 12.3 Å². The molecule has 1 aliphatic rings.